The Bertz CT molecular complexity index is 299. The molecule has 4 heteroatoms. The second kappa shape index (κ2) is 8.93. The molecule has 1 unspecified atom stereocenters. The van der Waals surface area contributed by atoms with Gasteiger partial charge in [-0.2, -0.15) is 0 Å². The first kappa shape index (κ1) is 16.2. The molecule has 1 aliphatic heterocycles. The molecule has 0 radical (unpaired) electrons. The van der Waals surface area contributed by atoms with Crippen LogP contribution >= 0.6 is 11.8 Å². The van der Waals surface area contributed by atoms with Gasteiger partial charge in [0.1, 0.15) is 0 Å². The van der Waals surface area contributed by atoms with E-state index in [-0.39, 0.29) is 0 Å². The third kappa shape index (κ3) is 4.96. The molecule has 0 aromatic carbocycles. The maximum atomic E-state index is 5.93. The predicted molar refractivity (Wildman–Crippen MR) is 88.6 cm³/mol. The van der Waals surface area contributed by atoms with Crippen LogP contribution in [0.25, 0.3) is 0 Å². The van der Waals surface area contributed by atoms with Gasteiger partial charge in [0, 0.05) is 11.8 Å². The Labute approximate surface area is 128 Å². The SMILES string of the molecule is CCC(CC)C1CN=C(NCCOC2CCCCC2)S1. The molecule has 1 saturated carbocycles. The number of thioether (sulfide) groups is 1. The third-order valence-corrected chi connectivity index (χ3v) is 5.87. The van der Waals surface area contributed by atoms with Crippen LogP contribution < -0.4 is 5.32 Å². The van der Waals surface area contributed by atoms with E-state index < -0.39 is 0 Å². The molecule has 0 amide bonds. The molecule has 2 rings (SSSR count). The normalized spacial score (nSPS) is 24.1. The van der Waals surface area contributed by atoms with Crippen molar-refractivity contribution in [2.24, 2.45) is 10.9 Å². The van der Waals surface area contributed by atoms with E-state index in [2.05, 4.69) is 24.2 Å². The van der Waals surface area contributed by atoms with Crippen molar-refractivity contribution in [2.75, 3.05) is 19.7 Å². The van der Waals surface area contributed by atoms with Gasteiger partial charge < -0.3 is 10.1 Å². The minimum Gasteiger partial charge on any atom is -0.376 e. The molecule has 116 valence electrons. The first-order valence-corrected chi connectivity index (χ1v) is 9.28. The average molecular weight is 298 g/mol. The van der Waals surface area contributed by atoms with Gasteiger partial charge in [0.2, 0.25) is 0 Å². The number of aliphatic imine (C=N–C) groups is 1. The van der Waals surface area contributed by atoms with E-state index in [0.717, 1.165) is 30.8 Å². The molecule has 1 aliphatic carbocycles. The number of amidine groups is 1. The highest BCUT2D eigenvalue weighted by molar-refractivity contribution is 8.14. The first-order valence-electron chi connectivity index (χ1n) is 8.40. The minimum atomic E-state index is 0.515. The lowest BCUT2D eigenvalue weighted by atomic mass is 9.98. The molecule has 20 heavy (non-hydrogen) atoms. The van der Waals surface area contributed by atoms with Gasteiger partial charge in [0.15, 0.2) is 5.17 Å². The largest absolute Gasteiger partial charge is 0.376 e. The van der Waals surface area contributed by atoms with Crippen LogP contribution in [0.4, 0.5) is 0 Å². The van der Waals surface area contributed by atoms with E-state index in [9.17, 15) is 0 Å². The Balaban J connectivity index is 1.56. The molecule has 1 atom stereocenters. The van der Waals surface area contributed by atoms with Crippen LogP contribution in [0.15, 0.2) is 4.99 Å². The van der Waals surface area contributed by atoms with Gasteiger partial charge >= 0.3 is 0 Å². The molecule has 1 heterocycles. The monoisotopic (exact) mass is 298 g/mol. The molecule has 1 fully saturated rings. The summed E-state index contributed by atoms with van der Waals surface area (Å²) in [6.07, 6.45) is 9.64. The van der Waals surface area contributed by atoms with E-state index in [4.69, 9.17) is 4.74 Å². The summed E-state index contributed by atoms with van der Waals surface area (Å²) in [6.45, 7) is 7.29. The zero-order valence-corrected chi connectivity index (χ0v) is 13.9. The summed E-state index contributed by atoms with van der Waals surface area (Å²) in [4.78, 5) is 4.63. The van der Waals surface area contributed by atoms with Crippen molar-refractivity contribution in [3.63, 3.8) is 0 Å². The Morgan fingerprint density at radius 1 is 1.25 bits per heavy atom. The number of hydrogen-bond donors (Lipinski definition) is 1. The molecule has 0 bridgehead atoms. The van der Waals surface area contributed by atoms with E-state index in [1.54, 1.807) is 0 Å². The quantitative estimate of drug-likeness (QED) is 0.725. The molecular formula is C16H30N2OS. The number of nitrogens with one attached hydrogen (secondary N) is 1. The van der Waals surface area contributed by atoms with Crippen LogP contribution in [0.5, 0.6) is 0 Å². The molecule has 0 aromatic rings. The van der Waals surface area contributed by atoms with Gasteiger partial charge in [-0.3, -0.25) is 4.99 Å². The molecular weight excluding hydrogens is 268 g/mol. The maximum absolute atomic E-state index is 5.93. The lowest BCUT2D eigenvalue weighted by molar-refractivity contribution is 0.0319. The lowest BCUT2D eigenvalue weighted by Gasteiger charge is -2.22. The fraction of sp³-hybridized carbons (Fsp3) is 0.938. The van der Waals surface area contributed by atoms with Crippen LogP contribution in [0.2, 0.25) is 0 Å². The zero-order chi connectivity index (χ0) is 14.2. The van der Waals surface area contributed by atoms with Gasteiger partial charge in [-0.1, -0.05) is 57.7 Å². The zero-order valence-electron chi connectivity index (χ0n) is 13.1. The van der Waals surface area contributed by atoms with E-state index in [0.29, 0.717) is 11.4 Å². The standard InChI is InChI=1S/C16H30N2OS/c1-3-13(4-2)15-12-18-16(20-15)17-10-11-19-14-8-6-5-7-9-14/h13-15H,3-12H2,1-2H3,(H,17,18). The fourth-order valence-corrected chi connectivity index (χ4v) is 4.51. The van der Waals surface area contributed by atoms with Crippen LogP contribution in [-0.4, -0.2) is 36.2 Å². The summed E-state index contributed by atoms with van der Waals surface area (Å²) >= 11 is 1.94. The van der Waals surface area contributed by atoms with Crippen molar-refractivity contribution in [3.05, 3.63) is 0 Å². The summed E-state index contributed by atoms with van der Waals surface area (Å²) < 4.78 is 5.93. The van der Waals surface area contributed by atoms with Crippen molar-refractivity contribution >= 4 is 16.9 Å². The van der Waals surface area contributed by atoms with E-state index in [1.165, 1.54) is 44.9 Å². The second-order valence-corrected chi connectivity index (χ2v) is 7.16. The van der Waals surface area contributed by atoms with Gasteiger partial charge in [-0.05, 0) is 18.8 Å². The van der Waals surface area contributed by atoms with Crippen molar-refractivity contribution in [1.82, 2.24) is 5.32 Å². The third-order valence-electron chi connectivity index (χ3n) is 4.54. The lowest BCUT2D eigenvalue weighted by Crippen LogP contribution is -2.27. The highest BCUT2D eigenvalue weighted by Crippen LogP contribution is 2.30. The van der Waals surface area contributed by atoms with Crippen LogP contribution in [0.1, 0.15) is 58.8 Å². The van der Waals surface area contributed by atoms with Crippen molar-refractivity contribution in [2.45, 2.75) is 70.1 Å². The molecule has 3 nitrogen and oxygen atoms in total. The molecule has 0 saturated heterocycles. The Morgan fingerprint density at radius 2 is 2.00 bits per heavy atom. The van der Waals surface area contributed by atoms with E-state index in [1.807, 2.05) is 11.8 Å². The first-order chi connectivity index (χ1) is 9.83. The number of nitrogens with zero attached hydrogens (tertiary/aromatic N) is 1. The number of rotatable bonds is 7. The fourth-order valence-electron chi connectivity index (χ4n) is 3.16. The Morgan fingerprint density at radius 3 is 2.70 bits per heavy atom. The average Bonchev–Trinajstić information content (AvgIpc) is 2.95. The predicted octanol–water partition coefficient (Wildman–Crippen LogP) is 3.83. The van der Waals surface area contributed by atoms with Crippen LogP contribution in [-0.2, 0) is 4.74 Å². The van der Waals surface area contributed by atoms with Crippen molar-refractivity contribution < 1.29 is 4.74 Å². The summed E-state index contributed by atoms with van der Waals surface area (Å²) in [6, 6.07) is 0. The van der Waals surface area contributed by atoms with E-state index >= 15 is 0 Å². The highest BCUT2D eigenvalue weighted by atomic mass is 32.2. The van der Waals surface area contributed by atoms with Crippen molar-refractivity contribution in [1.29, 1.82) is 0 Å². The second-order valence-electron chi connectivity index (χ2n) is 5.94. The van der Waals surface area contributed by atoms with Gasteiger partial charge in [0.05, 0.1) is 19.3 Å². The molecule has 0 aromatic heterocycles. The van der Waals surface area contributed by atoms with Crippen molar-refractivity contribution in [3.8, 4) is 0 Å². The molecule has 0 spiro atoms. The highest BCUT2D eigenvalue weighted by Gasteiger charge is 2.25. The summed E-state index contributed by atoms with van der Waals surface area (Å²) in [5.41, 5.74) is 0. The Kier molecular flexibility index (Phi) is 7.22. The van der Waals surface area contributed by atoms with Gasteiger partial charge in [-0.15, -0.1) is 0 Å². The summed E-state index contributed by atoms with van der Waals surface area (Å²) in [5.74, 6) is 0.807. The Hall–Kier alpha value is -0.220. The van der Waals surface area contributed by atoms with Gasteiger partial charge in [0.25, 0.3) is 0 Å². The smallest absolute Gasteiger partial charge is 0.157 e. The van der Waals surface area contributed by atoms with Crippen LogP contribution in [0, 0.1) is 5.92 Å². The number of ether oxygens (including phenoxy) is 1. The molecule has 1 N–H and O–H groups in total. The minimum absolute atomic E-state index is 0.515. The number of hydrogen-bond acceptors (Lipinski definition) is 4. The summed E-state index contributed by atoms with van der Waals surface area (Å²) in [5, 5.41) is 5.26. The summed E-state index contributed by atoms with van der Waals surface area (Å²) in [7, 11) is 0. The molecule has 2 aliphatic rings. The van der Waals surface area contributed by atoms with Crippen LogP contribution in [0.3, 0.4) is 0 Å². The van der Waals surface area contributed by atoms with Gasteiger partial charge in [-0.25, -0.2) is 0 Å². The maximum Gasteiger partial charge on any atom is 0.157 e. The topological polar surface area (TPSA) is 33.6 Å².